The first-order valence-corrected chi connectivity index (χ1v) is 24.7. The number of rotatable bonds is 26. The quantitative estimate of drug-likeness (QED) is 0.0183. The average molecular weight is 831 g/mol. The molecule has 324 valence electrons. The topological polar surface area (TPSA) is 74.8 Å². The Kier molecular flexibility index (Phi) is 15.5. The van der Waals surface area contributed by atoms with Crippen LogP contribution in [-0.4, -0.2) is 61.2 Å². The van der Waals surface area contributed by atoms with Gasteiger partial charge in [-0.05, 0) is 70.1 Å². The summed E-state index contributed by atoms with van der Waals surface area (Å²) < 4.78 is 0. The molecule has 0 aliphatic carbocycles. The number of amides is 4. The predicted molar refractivity (Wildman–Crippen MR) is 261 cm³/mol. The molecule has 7 rings (SSSR count). The maximum atomic E-state index is 14.8. The molecule has 0 saturated carbocycles. The summed E-state index contributed by atoms with van der Waals surface area (Å²) in [5, 5.41) is 5.65. The van der Waals surface area contributed by atoms with E-state index < -0.39 is 0 Å². The van der Waals surface area contributed by atoms with E-state index in [1.54, 1.807) is 21.9 Å². The van der Waals surface area contributed by atoms with Gasteiger partial charge in [0, 0.05) is 45.1 Å². The molecular formula is C54H68B2N2O4. The van der Waals surface area contributed by atoms with Gasteiger partial charge in [0.25, 0.3) is 23.6 Å². The van der Waals surface area contributed by atoms with E-state index in [9.17, 15) is 19.2 Å². The van der Waals surface area contributed by atoms with Gasteiger partial charge in [0.1, 0.15) is 15.7 Å². The van der Waals surface area contributed by atoms with Gasteiger partial charge in [-0.25, -0.2) is 0 Å². The Morgan fingerprint density at radius 1 is 0.371 bits per heavy atom. The molecule has 0 saturated heterocycles. The smallest absolute Gasteiger partial charge is 0.261 e. The van der Waals surface area contributed by atoms with E-state index in [2.05, 4.69) is 27.7 Å². The summed E-state index contributed by atoms with van der Waals surface area (Å²) in [5.74, 6) is -1.06. The lowest BCUT2D eigenvalue weighted by Crippen LogP contribution is -2.47. The molecule has 8 heteroatoms. The van der Waals surface area contributed by atoms with Gasteiger partial charge in [-0.1, -0.05) is 191 Å². The van der Waals surface area contributed by atoms with Crippen molar-refractivity contribution in [3.63, 3.8) is 0 Å². The Hall–Kier alpha value is -4.19. The first-order valence-electron chi connectivity index (χ1n) is 24.7. The molecule has 0 unspecified atom stereocenters. The number of fused-ring (bicyclic) bond motifs is 2. The maximum absolute atomic E-state index is 14.8. The second kappa shape index (κ2) is 21.0. The molecule has 2 aliphatic heterocycles. The van der Waals surface area contributed by atoms with Crippen LogP contribution in [0.2, 0.25) is 0 Å². The Morgan fingerprint density at radius 3 is 0.968 bits per heavy atom. The lowest BCUT2D eigenvalue weighted by atomic mass is 9.74. The Labute approximate surface area is 373 Å². The fourth-order valence-electron chi connectivity index (χ4n) is 11.0. The molecule has 2 heterocycles. The van der Waals surface area contributed by atoms with Crippen molar-refractivity contribution >= 4 is 93.3 Å². The van der Waals surface area contributed by atoms with Crippen LogP contribution in [0.1, 0.15) is 223 Å². The highest BCUT2D eigenvalue weighted by Crippen LogP contribution is 2.46. The summed E-state index contributed by atoms with van der Waals surface area (Å²) >= 11 is 0. The highest BCUT2D eigenvalue weighted by Gasteiger charge is 2.41. The third-order valence-corrected chi connectivity index (χ3v) is 14.3. The molecule has 0 N–H and O–H groups in total. The number of nitrogens with zero attached hydrogens (tertiary/aromatic N) is 2. The van der Waals surface area contributed by atoms with Crippen LogP contribution in [-0.2, 0) is 0 Å². The molecular weight excluding hydrogens is 762 g/mol. The minimum absolute atomic E-state index is 0.182. The van der Waals surface area contributed by atoms with E-state index in [0.29, 0.717) is 54.7 Å². The first-order chi connectivity index (χ1) is 30.2. The average Bonchev–Trinajstić information content (AvgIpc) is 3.26. The van der Waals surface area contributed by atoms with E-state index in [0.717, 1.165) is 150 Å². The minimum Gasteiger partial charge on any atom is -0.271 e. The highest BCUT2D eigenvalue weighted by molar-refractivity contribution is 6.54. The summed E-state index contributed by atoms with van der Waals surface area (Å²) in [7, 11) is 14.1. The van der Waals surface area contributed by atoms with Gasteiger partial charge in [0.2, 0.25) is 0 Å². The van der Waals surface area contributed by atoms with E-state index in [4.69, 9.17) is 15.7 Å². The summed E-state index contributed by atoms with van der Waals surface area (Å²) in [4.78, 5) is 62.1. The number of hydrogen-bond donors (Lipinski definition) is 0. The Morgan fingerprint density at radius 2 is 0.661 bits per heavy atom. The van der Waals surface area contributed by atoms with Crippen LogP contribution in [0, 0.1) is 0 Å². The van der Waals surface area contributed by atoms with Crippen LogP contribution < -0.4 is 10.9 Å². The molecule has 0 aromatic heterocycles. The lowest BCUT2D eigenvalue weighted by molar-refractivity contribution is 0.0501. The molecule has 5 aromatic rings. The summed E-state index contributed by atoms with van der Waals surface area (Å²) in [6.45, 7) is 8.84. The Balaban J connectivity index is 1.30. The third-order valence-electron chi connectivity index (χ3n) is 14.3. The summed E-state index contributed by atoms with van der Waals surface area (Å²) in [6.07, 6.45) is 25.5. The van der Waals surface area contributed by atoms with Crippen LogP contribution in [0.15, 0.2) is 36.4 Å². The van der Waals surface area contributed by atoms with Crippen molar-refractivity contribution < 1.29 is 19.2 Å². The van der Waals surface area contributed by atoms with Gasteiger partial charge in [-0.3, -0.25) is 29.0 Å². The number of unbranched alkanes of at least 4 members (excludes halogenated alkanes) is 16. The van der Waals surface area contributed by atoms with Crippen molar-refractivity contribution in [1.29, 1.82) is 0 Å². The molecule has 0 atom stereocenters. The maximum Gasteiger partial charge on any atom is 0.261 e. The van der Waals surface area contributed by atoms with Crippen LogP contribution in [0.3, 0.4) is 0 Å². The molecule has 5 aromatic carbocycles. The van der Waals surface area contributed by atoms with Gasteiger partial charge in [-0.15, -0.1) is 0 Å². The normalized spacial score (nSPS) is 14.2. The van der Waals surface area contributed by atoms with Gasteiger partial charge in [0.15, 0.2) is 0 Å². The predicted octanol–water partition coefficient (Wildman–Crippen LogP) is 12.7. The van der Waals surface area contributed by atoms with Crippen LogP contribution in [0.5, 0.6) is 0 Å². The zero-order valence-electron chi connectivity index (χ0n) is 38.3. The molecule has 6 nitrogen and oxygen atoms in total. The van der Waals surface area contributed by atoms with Crippen molar-refractivity contribution in [1.82, 2.24) is 9.80 Å². The SMILES string of the molecule is [B]c1cc2c3c(ccc4c5c([B])cc6c7c(ccc(c1c34)c75)C(=O)N(C(CCCCCCC)CCCCCCC)C6=O)C(=O)N(C(CCCCCCC)CCCCCCC)C2=O. The van der Waals surface area contributed by atoms with E-state index in [-0.39, 0.29) is 35.7 Å². The zero-order valence-corrected chi connectivity index (χ0v) is 38.3. The first kappa shape index (κ1) is 45.8. The van der Waals surface area contributed by atoms with Crippen molar-refractivity contribution in [2.24, 2.45) is 0 Å². The van der Waals surface area contributed by atoms with Crippen molar-refractivity contribution in [2.75, 3.05) is 0 Å². The highest BCUT2D eigenvalue weighted by atomic mass is 16.2. The van der Waals surface area contributed by atoms with Gasteiger partial charge in [-0.2, -0.15) is 0 Å². The number of carbonyl (C=O) groups is 4. The standard InChI is InChI=1S/C54H68B2N2O4/c1-5-9-13-17-21-25-35(26-22-18-14-10-6-2)57-51(59)39-31-29-37-48-44(56)34-42-46-40(32-30-38(50(46)48)47-43(55)33-41(53(57)61)45(39)49(37)47)52(60)58(54(42)62)36(27-23-19-15-11-7-3)28-24-20-16-12-8-4/h29-36H,5-28H2,1-4H3. The minimum atomic E-state index is -0.282. The van der Waals surface area contributed by atoms with Crippen molar-refractivity contribution in [3.05, 3.63) is 58.7 Å². The zero-order chi connectivity index (χ0) is 43.9. The third kappa shape index (κ3) is 8.83. The van der Waals surface area contributed by atoms with Gasteiger partial charge in [0.05, 0.1) is 0 Å². The number of benzene rings is 5. The summed E-state index contributed by atoms with van der Waals surface area (Å²) in [5.41, 5.74) is 2.76. The largest absolute Gasteiger partial charge is 0.271 e. The fourth-order valence-corrected chi connectivity index (χ4v) is 11.0. The fraction of sp³-hybridized carbons (Fsp3) is 0.556. The number of carbonyl (C=O) groups excluding carboxylic acids is 4. The van der Waals surface area contributed by atoms with Gasteiger partial charge < -0.3 is 0 Å². The number of hydrogen-bond acceptors (Lipinski definition) is 4. The molecule has 0 spiro atoms. The van der Waals surface area contributed by atoms with Crippen LogP contribution in [0.25, 0.3) is 43.1 Å². The molecule has 0 bridgehead atoms. The molecule has 4 radical (unpaired) electrons. The molecule has 62 heavy (non-hydrogen) atoms. The lowest BCUT2D eigenvalue weighted by Gasteiger charge is -2.36. The van der Waals surface area contributed by atoms with Crippen LogP contribution >= 0.6 is 0 Å². The van der Waals surface area contributed by atoms with Crippen LogP contribution in [0.4, 0.5) is 0 Å². The van der Waals surface area contributed by atoms with Gasteiger partial charge >= 0.3 is 0 Å². The second-order valence-electron chi connectivity index (χ2n) is 18.7. The van der Waals surface area contributed by atoms with E-state index >= 15 is 0 Å². The molecule has 4 amide bonds. The molecule has 2 aliphatic rings. The van der Waals surface area contributed by atoms with E-state index in [1.807, 2.05) is 24.3 Å². The second-order valence-corrected chi connectivity index (χ2v) is 18.7. The van der Waals surface area contributed by atoms with Crippen molar-refractivity contribution in [3.8, 4) is 0 Å². The molecule has 0 fully saturated rings. The Bertz CT molecular complexity index is 2230. The van der Waals surface area contributed by atoms with E-state index in [1.165, 1.54) is 25.7 Å². The van der Waals surface area contributed by atoms with Crippen molar-refractivity contribution in [2.45, 2.75) is 194 Å². The monoisotopic (exact) mass is 831 g/mol. The summed E-state index contributed by atoms with van der Waals surface area (Å²) in [6, 6.07) is 10.8. The number of imide groups is 2.